The van der Waals surface area contributed by atoms with Crippen molar-refractivity contribution in [3.05, 3.63) is 53.1 Å². The summed E-state index contributed by atoms with van der Waals surface area (Å²) >= 11 is 9.34. The minimum atomic E-state index is 0.0768. The van der Waals surface area contributed by atoms with E-state index in [4.69, 9.17) is 16.6 Å². The van der Waals surface area contributed by atoms with Crippen LogP contribution in [0.4, 0.5) is 5.13 Å². The summed E-state index contributed by atoms with van der Waals surface area (Å²) in [5, 5.41) is 1.45. The van der Waals surface area contributed by atoms with E-state index in [1.54, 1.807) is 23.1 Å². The van der Waals surface area contributed by atoms with Gasteiger partial charge in [-0.25, -0.2) is 4.98 Å². The smallest absolute Gasteiger partial charge is 0.239 e. The van der Waals surface area contributed by atoms with Crippen molar-refractivity contribution < 1.29 is 9.69 Å². The van der Waals surface area contributed by atoms with Gasteiger partial charge in [-0.05, 0) is 36.8 Å². The first-order chi connectivity index (χ1) is 13.0. The minimum Gasteiger partial charge on any atom is -0.338 e. The zero-order valence-electron chi connectivity index (χ0n) is 15.7. The topological polar surface area (TPSA) is 37.6 Å². The maximum atomic E-state index is 13.0. The number of nitrogens with zero attached hydrogens (tertiary/aromatic N) is 2. The van der Waals surface area contributed by atoms with Gasteiger partial charge in [0.05, 0.1) is 43.2 Å². The summed E-state index contributed by atoms with van der Waals surface area (Å²) in [5.41, 5.74) is 1.84. The van der Waals surface area contributed by atoms with Gasteiger partial charge in [-0.2, -0.15) is 0 Å². The summed E-state index contributed by atoms with van der Waals surface area (Å²) in [4.78, 5) is 22.0. The summed E-state index contributed by atoms with van der Waals surface area (Å²) in [5.74, 6) is 0.468. The largest absolute Gasteiger partial charge is 0.338 e. The molecule has 0 bridgehead atoms. The fraction of sp³-hybridized carbons (Fsp3) is 0.300. The molecule has 0 unspecified atom stereocenters. The zero-order valence-corrected chi connectivity index (χ0v) is 18.0. The lowest BCUT2D eigenvalue weighted by atomic mass is 10.2. The van der Waals surface area contributed by atoms with Crippen LogP contribution in [0.3, 0.4) is 0 Å². The summed E-state index contributed by atoms with van der Waals surface area (Å²) in [6.45, 7) is 3.47. The van der Waals surface area contributed by atoms with E-state index >= 15 is 0 Å². The summed E-state index contributed by atoms with van der Waals surface area (Å²) in [6, 6.07) is 13.9. The molecule has 142 valence electrons. The Morgan fingerprint density at radius 1 is 1.22 bits per heavy atom. The molecule has 0 saturated heterocycles. The second kappa shape index (κ2) is 9.06. The van der Waals surface area contributed by atoms with Crippen LogP contribution in [0.1, 0.15) is 5.56 Å². The van der Waals surface area contributed by atoms with Gasteiger partial charge >= 0.3 is 0 Å². The zero-order chi connectivity index (χ0) is 19.4. The van der Waals surface area contributed by atoms with E-state index < -0.39 is 0 Å². The van der Waals surface area contributed by atoms with Gasteiger partial charge in [0, 0.05) is 9.92 Å². The summed E-state index contributed by atoms with van der Waals surface area (Å²) in [7, 11) is 4.17. The molecular formula is C20H23ClN3OS2+. The quantitative estimate of drug-likeness (QED) is 0.594. The maximum absolute atomic E-state index is 13.0. The van der Waals surface area contributed by atoms with Crippen LogP contribution in [0.25, 0.3) is 10.2 Å². The number of quaternary nitrogens is 1. The molecule has 0 aliphatic heterocycles. The van der Waals surface area contributed by atoms with E-state index in [9.17, 15) is 4.79 Å². The number of likely N-dealkylation sites (N-methyl/N-ethyl adjacent to an activating group) is 1. The van der Waals surface area contributed by atoms with E-state index in [0.717, 1.165) is 32.4 Å². The van der Waals surface area contributed by atoms with Crippen molar-refractivity contribution in [3.8, 4) is 0 Å². The number of fused-ring (bicyclic) bond motifs is 1. The van der Waals surface area contributed by atoms with E-state index in [-0.39, 0.29) is 5.91 Å². The number of carbonyl (C=O) groups excluding carboxylic acids is 1. The third-order valence-corrected chi connectivity index (χ3v) is 6.66. The van der Waals surface area contributed by atoms with Crippen LogP contribution in [0.5, 0.6) is 0 Å². The number of carbonyl (C=O) groups is 1. The molecule has 0 saturated carbocycles. The van der Waals surface area contributed by atoms with Crippen LogP contribution in [-0.2, 0) is 4.79 Å². The molecule has 0 atom stereocenters. The number of benzene rings is 2. The molecule has 27 heavy (non-hydrogen) atoms. The predicted octanol–water partition coefficient (Wildman–Crippen LogP) is 3.53. The van der Waals surface area contributed by atoms with E-state index in [1.807, 2.05) is 54.3 Å². The number of hydrogen-bond acceptors (Lipinski definition) is 4. The van der Waals surface area contributed by atoms with E-state index in [1.165, 1.54) is 4.90 Å². The number of rotatable bonds is 7. The predicted molar refractivity (Wildman–Crippen MR) is 117 cm³/mol. The number of thiazole rings is 1. The van der Waals surface area contributed by atoms with Crippen LogP contribution < -0.4 is 9.80 Å². The lowest BCUT2D eigenvalue weighted by Crippen LogP contribution is -3.06. The van der Waals surface area contributed by atoms with Crippen molar-refractivity contribution in [2.45, 2.75) is 11.8 Å². The SMILES string of the molecule is Cc1c(Cl)ccc2sc(N(CC[NH+](C)C)C(=O)CSc3ccccc3)nc12. The highest BCUT2D eigenvalue weighted by Gasteiger charge is 2.21. The Kier molecular flexibility index (Phi) is 6.76. The first-order valence-electron chi connectivity index (χ1n) is 8.78. The Bertz CT molecular complexity index is 928. The maximum Gasteiger partial charge on any atom is 0.239 e. The average molecular weight is 421 g/mol. The van der Waals surface area contributed by atoms with E-state index in [0.29, 0.717) is 17.3 Å². The first-order valence-corrected chi connectivity index (χ1v) is 11.0. The Balaban J connectivity index is 1.84. The van der Waals surface area contributed by atoms with Crippen LogP contribution in [0, 0.1) is 6.92 Å². The Hall–Kier alpha value is -1.60. The third kappa shape index (κ3) is 5.02. The number of nitrogens with one attached hydrogen (secondary N) is 1. The molecule has 4 nitrogen and oxygen atoms in total. The van der Waals surface area contributed by atoms with Gasteiger partial charge in [-0.15, -0.1) is 11.8 Å². The number of amides is 1. The molecule has 0 aliphatic carbocycles. The molecule has 0 spiro atoms. The van der Waals surface area contributed by atoms with Crippen molar-refractivity contribution in [1.29, 1.82) is 0 Å². The highest BCUT2D eigenvalue weighted by atomic mass is 35.5. The number of aromatic nitrogens is 1. The summed E-state index contributed by atoms with van der Waals surface area (Å²) in [6.07, 6.45) is 0. The van der Waals surface area contributed by atoms with Gasteiger partial charge in [0.1, 0.15) is 0 Å². The first kappa shape index (κ1) is 20.1. The second-order valence-corrected chi connectivity index (χ2v) is 9.08. The van der Waals surface area contributed by atoms with Gasteiger partial charge in [0.15, 0.2) is 5.13 Å². The number of aryl methyl sites for hydroxylation is 1. The number of thioether (sulfide) groups is 1. The standard InChI is InChI=1S/C20H22ClN3OS2/c1-14-16(21)9-10-17-19(14)22-20(27-17)24(12-11-23(2)3)18(25)13-26-15-7-5-4-6-8-15/h4-10H,11-13H2,1-3H3/p+1. The lowest BCUT2D eigenvalue weighted by molar-refractivity contribution is -0.856. The normalized spacial score (nSPS) is 11.3. The molecule has 1 aromatic heterocycles. The lowest BCUT2D eigenvalue weighted by Gasteiger charge is -2.20. The van der Waals surface area contributed by atoms with Crippen LogP contribution in [-0.4, -0.2) is 43.8 Å². The number of anilines is 1. The van der Waals surface area contributed by atoms with Gasteiger partial charge in [0.2, 0.25) is 5.91 Å². The van der Waals surface area contributed by atoms with Crippen molar-refractivity contribution in [2.24, 2.45) is 0 Å². The van der Waals surface area contributed by atoms with Gasteiger partial charge in [-0.3, -0.25) is 9.69 Å². The summed E-state index contributed by atoms with van der Waals surface area (Å²) < 4.78 is 1.05. The van der Waals surface area contributed by atoms with Crippen LogP contribution in [0.15, 0.2) is 47.4 Å². The molecule has 0 aliphatic rings. The fourth-order valence-electron chi connectivity index (χ4n) is 2.61. The molecule has 7 heteroatoms. The Morgan fingerprint density at radius 2 is 1.96 bits per heavy atom. The van der Waals surface area contributed by atoms with Gasteiger partial charge < -0.3 is 4.90 Å². The molecule has 3 aromatic rings. The molecule has 0 fully saturated rings. The minimum absolute atomic E-state index is 0.0768. The Labute approximate surface area is 173 Å². The molecule has 1 heterocycles. The molecule has 0 radical (unpaired) electrons. The van der Waals surface area contributed by atoms with Crippen molar-refractivity contribution in [1.82, 2.24) is 4.98 Å². The van der Waals surface area contributed by atoms with E-state index in [2.05, 4.69) is 14.1 Å². The highest BCUT2D eigenvalue weighted by Crippen LogP contribution is 2.33. The molecule has 3 rings (SSSR count). The number of halogens is 1. The Morgan fingerprint density at radius 3 is 2.67 bits per heavy atom. The molecular weight excluding hydrogens is 398 g/mol. The number of hydrogen-bond donors (Lipinski definition) is 1. The monoisotopic (exact) mass is 420 g/mol. The van der Waals surface area contributed by atoms with Crippen molar-refractivity contribution in [3.63, 3.8) is 0 Å². The third-order valence-electron chi connectivity index (χ3n) is 4.21. The van der Waals surface area contributed by atoms with Crippen molar-refractivity contribution >= 4 is 56.0 Å². The molecule has 1 N–H and O–H groups in total. The highest BCUT2D eigenvalue weighted by molar-refractivity contribution is 8.00. The fourth-order valence-corrected chi connectivity index (χ4v) is 4.62. The second-order valence-electron chi connectivity index (χ2n) is 6.62. The average Bonchev–Trinajstić information content (AvgIpc) is 3.08. The van der Waals surface area contributed by atoms with Gasteiger partial charge in [0.25, 0.3) is 0 Å². The van der Waals surface area contributed by atoms with Crippen molar-refractivity contribution in [2.75, 3.05) is 37.8 Å². The van der Waals surface area contributed by atoms with Gasteiger partial charge in [-0.1, -0.05) is 41.1 Å². The molecule has 1 amide bonds. The van der Waals surface area contributed by atoms with Crippen LogP contribution >= 0.6 is 34.7 Å². The van der Waals surface area contributed by atoms with Crippen LogP contribution in [0.2, 0.25) is 5.02 Å². The molecule has 2 aromatic carbocycles.